The molecule has 4 rings (SSSR count). The summed E-state index contributed by atoms with van der Waals surface area (Å²) in [5.41, 5.74) is 0.988. The molecule has 1 aromatic rings. The minimum atomic E-state index is -0.976. The molecule has 0 aromatic heterocycles. The van der Waals surface area contributed by atoms with Crippen molar-refractivity contribution in [2.75, 3.05) is 19.6 Å². The fourth-order valence-electron chi connectivity index (χ4n) is 4.11. The first-order valence-corrected chi connectivity index (χ1v) is 8.62. The Bertz CT molecular complexity index is 711. The van der Waals surface area contributed by atoms with Crippen LogP contribution in [0.1, 0.15) is 36.8 Å². The molecule has 1 atom stereocenters. The molecule has 0 bridgehead atoms. The number of carbonyl (C=O) groups excluding carboxylic acids is 3. The number of imide groups is 1. The number of urea groups is 1. The molecule has 6 nitrogen and oxygen atoms in total. The van der Waals surface area contributed by atoms with Crippen LogP contribution in [0.5, 0.6) is 0 Å². The van der Waals surface area contributed by atoms with Gasteiger partial charge >= 0.3 is 6.03 Å². The fraction of sp³-hybridized carbons (Fsp3) is 0.500. The third-order valence-corrected chi connectivity index (χ3v) is 5.42. The standard InChI is InChI=1S/C18H21N3O3/c22-15(20-10-4-1-5-11-20)12-21-16(23)18(19-17(21)24)9-8-13-6-2-3-7-14(13)18/h2-3,6-7H,1,4-5,8-12H2,(H,19,24)/t18-/m0/s1. The number of hydrogen-bond acceptors (Lipinski definition) is 3. The molecule has 1 aromatic carbocycles. The van der Waals surface area contributed by atoms with Gasteiger partial charge in [-0.1, -0.05) is 24.3 Å². The van der Waals surface area contributed by atoms with E-state index in [1.54, 1.807) is 4.90 Å². The lowest BCUT2D eigenvalue weighted by Gasteiger charge is -2.28. The summed E-state index contributed by atoms with van der Waals surface area (Å²) in [7, 11) is 0. The van der Waals surface area contributed by atoms with Crippen LogP contribution in [0.2, 0.25) is 0 Å². The second-order valence-corrected chi connectivity index (χ2v) is 6.83. The summed E-state index contributed by atoms with van der Waals surface area (Å²) >= 11 is 0. The van der Waals surface area contributed by atoms with Crippen molar-refractivity contribution < 1.29 is 14.4 Å². The highest BCUT2D eigenvalue weighted by Gasteiger charge is 2.55. The predicted octanol–water partition coefficient (Wildman–Crippen LogP) is 1.39. The Labute approximate surface area is 140 Å². The van der Waals surface area contributed by atoms with Crippen molar-refractivity contribution in [2.45, 2.75) is 37.6 Å². The third-order valence-electron chi connectivity index (χ3n) is 5.42. The van der Waals surface area contributed by atoms with Crippen molar-refractivity contribution >= 4 is 17.8 Å². The highest BCUT2D eigenvalue weighted by molar-refractivity contribution is 6.09. The number of hydrogen-bond donors (Lipinski definition) is 1. The maximum atomic E-state index is 13.0. The monoisotopic (exact) mass is 327 g/mol. The zero-order valence-corrected chi connectivity index (χ0v) is 13.6. The summed E-state index contributed by atoms with van der Waals surface area (Å²) in [4.78, 5) is 40.7. The summed E-state index contributed by atoms with van der Waals surface area (Å²) in [6.45, 7) is 1.28. The van der Waals surface area contributed by atoms with Crippen LogP contribution in [0.4, 0.5) is 4.79 Å². The van der Waals surface area contributed by atoms with Gasteiger partial charge in [-0.2, -0.15) is 0 Å². The van der Waals surface area contributed by atoms with E-state index in [-0.39, 0.29) is 18.4 Å². The van der Waals surface area contributed by atoms with E-state index in [1.807, 2.05) is 24.3 Å². The first kappa shape index (κ1) is 15.2. The first-order valence-electron chi connectivity index (χ1n) is 8.62. The average molecular weight is 327 g/mol. The Morgan fingerprint density at radius 2 is 1.88 bits per heavy atom. The first-order chi connectivity index (χ1) is 11.6. The van der Waals surface area contributed by atoms with E-state index in [0.29, 0.717) is 6.42 Å². The number of carbonyl (C=O) groups is 3. The van der Waals surface area contributed by atoms with E-state index in [0.717, 1.165) is 54.8 Å². The van der Waals surface area contributed by atoms with Crippen molar-refractivity contribution in [2.24, 2.45) is 0 Å². The smallest absolute Gasteiger partial charge is 0.325 e. The molecule has 126 valence electrons. The van der Waals surface area contributed by atoms with Crippen LogP contribution in [0.25, 0.3) is 0 Å². The number of aryl methyl sites for hydroxylation is 1. The minimum Gasteiger partial charge on any atom is -0.341 e. The van der Waals surface area contributed by atoms with E-state index in [4.69, 9.17) is 0 Å². The molecular weight excluding hydrogens is 306 g/mol. The van der Waals surface area contributed by atoms with Crippen LogP contribution < -0.4 is 5.32 Å². The molecule has 6 heteroatoms. The van der Waals surface area contributed by atoms with Crippen LogP contribution in [0.3, 0.4) is 0 Å². The van der Waals surface area contributed by atoms with Gasteiger partial charge < -0.3 is 10.2 Å². The lowest BCUT2D eigenvalue weighted by Crippen LogP contribution is -2.46. The molecule has 0 unspecified atom stereocenters. The van der Waals surface area contributed by atoms with Gasteiger partial charge in [-0.15, -0.1) is 0 Å². The zero-order valence-electron chi connectivity index (χ0n) is 13.6. The second-order valence-electron chi connectivity index (χ2n) is 6.83. The zero-order chi connectivity index (χ0) is 16.7. The SMILES string of the molecule is O=C(CN1C(=O)N[C@]2(CCc3ccccc32)C1=O)N1CCCCC1. The van der Waals surface area contributed by atoms with Gasteiger partial charge in [0, 0.05) is 13.1 Å². The molecule has 24 heavy (non-hydrogen) atoms. The summed E-state index contributed by atoms with van der Waals surface area (Å²) < 4.78 is 0. The maximum Gasteiger partial charge on any atom is 0.325 e. The molecule has 1 N–H and O–H groups in total. The molecule has 0 radical (unpaired) electrons. The number of piperidine rings is 1. The predicted molar refractivity (Wildman–Crippen MR) is 87.1 cm³/mol. The molecular formula is C18H21N3O3. The van der Waals surface area contributed by atoms with Crippen LogP contribution in [-0.4, -0.2) is 47.3 Å². The molecule has 2 saturated heterocycles. The van der Waals surface area contributed by atoms with Gasteiger partial charge in [0.1, 0.15) is 12.1 Å². The van der Waals surface area contributed by atoms with Gasteiger partial charge in [-0.25, -0.2) is 4.79 Å². The molecule has 4 amide bonds. The highest BCUT2D eigenvalue weighted by atomic mass is 16.2. The Balaban J connectivity index is 1.55. The maximum absolute atomic E-state index is 13.0. The lowest BCUT2D eigenvalue weighted by atomic mass is 9.92. The van der Waals surface area contributed by atoms with Crippen molar-refractivity contribution in [3.8, 4) is 0 Å². The number of nitrogens with zero attached hydrogens (tertiary/aromatic N) is 2. The van der Waals surface area contributed by atoms with Crippen LogP contribution in [0.15, 0.2) is 24.3 Å². The quantitative estimate of drug-likeness (QED) is 0.835. The summed E-state index contributed by atoms with van der Waals surface area (Å²) in [6.07, 6.45) is 4.43. The van der Waals surface area contributed by atoms with Gasteiger partial charge in [-0.3, -0.25) is 14.5 Å². The van der Waals surface area contributed by atoms with Gasteiger partial charge in [-0.05, 0) is 43.2 Å². The van der Waals surface area contributed by atoms with E-state index in [1.165, 1.54) is 0 Å². The van der Waals surface area contributed by atoms with Crippen molar-refractivity contribution in [1.29, 1.82) is 0 Å². The van der Waals surface area contributed by atoms with E-state index in [9.17, 15) is 14.4 Å². The normalized spacial score (nSPS) is 26.0. The Morgan fingerprint density at radius 3 is 2.67 bits per heavy atom. The fourth-order valence-corrected chi connectivity index (χ4v) is 4.11. The van der Waals surface area contributed by atoms with Crippen LogP contribution >= 0.6 is 0 Å². The third kappa shape index (κ3) is 2.20. The number of rotatable bonds is 2. The minimum absolute atomic E-state index is 0.137. The van der Waals surface area contributed by atoms with Crippen molar-refractivity contribution in [3.63, 3.8) is 0 Å². The molecule has 2 fully saturated rings. The van der Waals surface area contributed by atoms with E-state index in [2.05, 4.69) is 5.32 Å². The largest absolute Gasteiger partial charge is 0.341 e. The summed E-state index contributed by atoms with van der Waals surface area (Å²) in [5, 5.41) is 2.86. The van der Waals surface area contributed by atoms with Crippen molar-refractivity contribution in [3.05, 3.63) is 35.4 Å². The topological polar surface area (TPSA) is 69.7 Å². The molecule has 1 spiro atoms. The second kappa shape index (κ2) is 5.61. The summed E-state index contributed by atoms with van der Waals surface area (Å²) in [5.74, 6) is -0.427. The molecule has 2 aliphatic heterocycles. The van der Waals surface area contributed by atoms with E-state index < -0.39 is 11.6 Å². The van der Waals surface area contributed by atoms with Gasteiger partial charge in [0.25, 0.3) is 5.91 Å². The summed E-state index contributed by atoms with van der Waals surface area (Å²) in [6, 6.07) is 7.26. The molecule has 1 aliphatic carbocycles. The van der Waals surface area contributed by atoms with Gasteiger partial charge in [0.15, 0.2) is 0 Å². The highest BCUT2D eigenvalue weighted by Crippen LogP contribution is 2.41. The Hall–Kier alpha value is -2.37. The number of amides is 4. The van der Waals surface area contributed by atoms with Crippen LogP contribution in [-0.2, 0) is 21.5 Å². The van der Waals surface area contributed by atoms with Gasteiger partial charge in [0.2, 0.25) is 5.91 Å². The van der Waals surface area contributed by atoms with Gasteiger partial charge in [0.05, 0.1) is 0 Å². The number of likely N-dealkylation sites (tertiary alicyclic amines) is 1. The number of nitrogens with one attached hydrogen (secondary N) is 1. The average Bonchev–Trinajstić information content (AvgIpc) is 3.10. The number of fused-ring (bicyclic) bond motifs is 2. The Kier molecular flexibility index (Phi) is 3.55. The molecule has 3 aliphatic rings. The lowest BCUT2D eigenvalue weighted by molar-refractivity contribution is -0.139. The molecule has 0 saturated carbocycles. The number of benzene rings is 1. The van der Waals surface area contributed by atoms with Crippen molar-refractivity contribution in [1.82, 2.24) is 15.1 Å². The van der Waals surface area contributed by atoms with E-state index >= 15 is 0 Å². The Morgan fingerprint density at radius 1 is 1.12 bits per heavy atom. The molecule has 2 heterocycles. The van der Waals surface area contributed by atoms with Crippen LogP contribution in [0, 0.1) is 0 Å².